The first-order valence-electron chi connectivity index (χ1n) is 8.04. The third kappa shape index (κ3) is 3.38. The summed E-state index contributed by atoms with van der Waals surface area (Å²) in [4.78, 5) is 4.26. The van der Waals surface area contributed by atoms with Gasteiger partial charge in [0.25, 0.3) is 0 Å². The Balaban J connectivity index is 1.34. The van der Waals surface area contributed by atoms with Crippen molar-refractivity contribution in [1.29, 1.82) is 0 Å². The van der Waals surface area contributed by atoms with Gasteiger partial charge in [0.15, 0.2) is 0 Å². The average molecular weight is 278 g/mol. The van der Waals surface area contributed by atoms with Gasteiger partial charge in [0, 0.05) is 19.0 Å². The van der Waals surface area contributed by atoms with Gasteiger partial charge in [-0.25, -0.2) is 9.67 Å². The standard InChI is InChI=1S/C15H26N4O/c1-12-4-2-3-5-14(12)20-9-8-16-13-6-7-15-17-11-18-19(15)10-13/h11-14,16H,2-10H2,1H3/t12-,13-,14+/m1/s1. The molecule has 2 heterocycles. The number of nitrogens with zero attached hydrogens (tertiary/aromatic N) is 3. The van der Waals surface area contributed by atoms with Crippen molar-refractivity contribution in [2.24, 2.45) is 5.92 Å². The summed E-state index contributed by atoms with van der Waals surface area (Å²) < 4.78 is 8.06. The van der Waals surface area contributed by atoms with E-state index >= 15 is 0 Å². The first kappa shape index (κ1) is 14.0. The maximum Gasteiger partial charge on any atom is 0.138 e. The fraction of sp³-hybridized carbons (Fsp3) is 0.867. The van der Waals surface area contributed by atoms with Gasteiger partial charge in [-0.3, -0.25) is 0 Å². The molecule has 0 spiro atoms. The molecular formula is C15H26N4O. The second kappa shape index (κ2) is 6.68. The molecule has 0 radical (unpaired) electrons. The molecule has 0 unspecified atom stereocenters. The topological polar surface area (TPSA) is 52.0 Å². The summed E-state index contributed by atoms with van der Waals surface area (Å²) in [7, 11) is 0. The van der Waals surface area contributed by atoms with Gasteiger partial charge in [0.05, 0.1) is 19.3 Å². The monoisotopic (exact) mass is 278 g/mol. The van der Waals surface area contributed by atoms with Gasteiger partial charge in [0.2, 0.25) is 0 Å². The summed E-state index contributed by atoms with van der Waals surface area (Å²) >= 11 is 0. The van der Waals surface area contributed by atoms with E-state index in [0.29, 0.717) is 12.1 Å². The van der Waals surface area contributed by atoms with Gasteiger partial charge in [-0.15, -0.1) is 0 Å². The quantitative estimate of drug-likeness (QED) is 0.834. The minimum Gasteiger partial charge on any atom is -0.377 e. The average Bonchev–Trinajstić information content (AvgIpc) is 2.93. The third-order valence-electron chi connectivity index (χ3n) is 4.71. The SMILES string of the molecule is C[C@@H]1CCCC[C@@H]1OCCN[C@@H]1CCc2ncnn2C1. The Hall–Kier alpha value is -0.940. The van der Waals surface area contributed by atoms with Crippen molar-refractivity contribution in [2.75, 3.05) is 13.2 Å². The molecule has 2 aliphatic rings. The molecule has 1 aromatic rings. The lowest BCUT2D eigenvalue weighted by Gasteiger charge is -2.29. The van der Waals surface area contributed by atoms with Crippen LogP contribution in [0.1, 0.15) is 44.9 Å². The van der Waals surface area contributed by atoms with E-state index in [0.717, 1.165) is 44.3 Å². The van der Waals surface area contributed by atoms with Crippen molar-refractivity contribution >= 4 is 0 Å². The zero-order valence-electron chi connectivity index (χ0n) is 12.4. The van der Waals surface area contributed by atoms with Crippen LogP contribution in [0.5, 0.6) is 0 Å². The number of fused-ring (bicyclic) bond motifs is 1. The Labute approximate surface area is 121 Å². The highest BCUT2D eigenvalue weighted by Gasteiger charge is 2.22. The Morgan fingerprint density at radius 3 is 3.15 bits per heavy atom. The summed E-state index contributed by atoms with van der Waals surface area (Å²) in [5.74, 6) is 1.85. The minimum atomic E-state index is 0.485. The summed E-state index contributed by atoms with van der Waals surface area (Å²) in [6.07, 6.45) is 9.60. The van der Waals surface area contributed by atoms with E-state index in [9.17, 15) is 0 Å². The molecular weight excluding hydrogens is 252 g/mol. The van der Waals surface area contributed by atoms with Crippen LogP contribution >= 0.6 is 0 Å². The van der Waals surface area contributed by atoms with Crippen LogP contribution < -0.4 is 5.32 Å². The highest BCUT2D eigenvalue weighted by Crippen LogP contribution is 2.26. The van der Waals surface area contributed by atoms with Crippen molar-refractivity contribution in [2.45, 2.75) is 64.1 Å². The van der Waals surface area contributed by atoms with Crippen LogP contribution in [-0.2, 0) is 17.7 Å². The van der Waals surface area contributed by atoms with Crippen molar-refractivity contribution in [3.8, 4) is 0 Å². The molecule has 1 aliphatic carbocycles. The molecule has 112 valence electrons. The molecule has 0 bridgehead atoms. The van der Waals surface area contributed by atoms with Crippen LogP contribution in [0, 0.1) is 5.92 Å². The second-order valence-electron chi connectivity index (χ2n) is 6.22. The molecule has 3 rings (SSSR count). The second-order valence-corrected chi connectivity index (χ2v) is 6.22. The van der Waals surface area contributed by atoms with Crippen LogP contribution in [-0.4, -0.2) is 40.1 Å². The molecule has 20 heavy (non-hydrogen) atoms. The molecule has 1 N–H and O–H groups in total. The number of aryl methyl sites for hydroxylation is 1. The lowest BCUT2D eigenvalue weighted by molar-refractivity contribution is -0.00416. The van der Waals surface area contributed by atoms with E-state index in [2.05, 4.69) is 22.3 Å². The Kier molecular flexibility index (Phi) is 4.68. The predicted octanol–water partition coefficient (Wildman–Crippen LogP) is 1.78. The van der Waals surface area contributed by atoms with Crippen LogP contribution in [0.2, 0.25) is 0 Å². The van der Waals surface area contributed by atoms with E-state index < -0.39 is 0 Å². The predicted molar refractivity (Wildman–Crippen MR) is 77.5 cm³/mol. The van der Waals surface area contributed by atoms with Crippen molar-refractivity contribution in [3.05, 3.63) is 12.2 Å². The molecule has 5 nitrogen and oxygen atoms in total. The Bertz CT molecular complexity index is 420. The van der Waals surface area contributed by atoms with Gasteiger partial charge in [-0.2, -0.15) is 5.10 Å². The highest BCUT2D eigenvalue weighted by molar-refractivity contribution is 4.92. The zero-order valence-corrected chi connectivity index (χ0v) is 12.4. The number of hydrogen-bond donors (Lipinski definition) is 1. The minimum absolute atomic E-state index is 0.485. The lowest BCUT2D eigenvalue weighted by Crippen LogP contribution is -2.40. The van der Waals surface area contributed by atoms with E-state index in [-0.39, 0.29) is 0 Å². The fourth-order valence-corrected chi connectivity index (χ4v) is 3.41. The number of rotatable bonds is 5. The summed E-state index contributed by atoms with van der Waals surface area (Å²) in [6, 6.07) is 0.511. The van der Waals surface area contributed by atoms with Gasteiger partial charge in [-0.05, 0) is 25.2 Å². The molecule has 1 aliphatic heterocycles. The number of hydrogen-bond acceptors (Lipinski definition) is 4. The van der Waals surface area contributed by atoms with E-state index in [1.54, 1.807) is 6.33 Å². The van der Waals surface area contributed by atoms with Gasteiger partial charge >= 0.3 is 0 Å². The first-order valence-corrected chi connectivity index (χ1v) is 8.04. The molecule has 0 saturated heterocycles. The van der Waals surface area contributed by atoms with Crippen LogP contribution in [0.4, 0.5) is 0 Å². The van der Waals surface area contributed by atoms with Gasteiger partial charge in [0.1, 0.15) is 12.2 Å². The Morgan fingerprint density at radius 2 is 2.25 bits per heavy atom. The van der Waals surface area contributed by atoms with E-state index in [1.165, 1.54) is 25.7 Å². The maximum atomic E-state index is 6.04. The molecule has 1 fully saturated rings. The van der Waals surface area contributed by atoms with E-state index in [4.69, 9.17) is 4.74 Å². The largest absolute Gasteiger partial charge is 0.377 e. The molecule has 5 heteroatoms. The van der Waals surface area contributed by atoms with Crippen LogP contribution in [0.25, 0.3) is 0 Å². The molecule has 3 atom stereocenters. The van der Waals surface area contributed by atoms with Crippen molar-refractivity contribution in [1.82, 2.24) is 20.1 Å². The zero-order chi connectivity index (χ0) is 13.8. The molecule has 0 aromatic carbocycles. The van der Waals surface area contributed by atoms with Gasteiger partial charge in [-0.1, -0.05) is 19.8 Å². The number of ether oxygens (including phenoxy) is 1. The Morgan fingerprint density at radius 1 is 1.35 bits per heavy atom. The molecule has 1 saturated carbocycles. The maximum absolute atomic E-state index is 6.04. The summed E-state index contributed by atoms with van der Waals surface area (Å²) in [6.45, 7) is 5.04. The van der Waals surface area contributed by atoms with Crippen LogP contribution in [0.15, 0.2) is 6.33 Å². The lowest BCUT2D eigenvalue weighted by atomic mass is 9.88. The number of aromatic nitrogens is 3. The fourth-order valence-electron chi connectivity index (χ4n) is 3.41. The number of nitrogens with one attached hydrogen (secondary N) is 1. The molecule has 1 aromatic heterocycles. The van der Waals surface area contributed by atoms with E-state index in [1.807, 2.05) is 4.68 Å². The third-order valence-corrected chi connectivity index (χ3v) is 4.71. The van der Waals surface area contributed by atoms with Gasteiger partial charge < -0.3 is 10.1 Å². The van der Waals surface area contributed by atoms with Crippen molar-refractivity contribution in [3.63, 3.8) is 0 Å². The smallest absolute Gasteiger partial charge is 0.138 e. The highest BCUT2D eigenvalue weighted by atomic mass is 16.5. The summed E-state index contributed by atoms with van der Waals surface area (Å²) in [5, 5.41) is 7.85. The normalized spacial score (nSPS) is 30.1. The summed E-state index contributed by atoms with van der Waals surface area (Å²) in [5.41, 5.74) is 0. The molecule has 0 amide bonds. The van der Waals surface area contributed by atoms with Crippen molar-refractivity contribution < 1.29 is 4.74 Å². The van der Waals surface area contributed by atoms with Crippen LogP contribution in [0.3, 0.4) is 0 Å². The first-order chi connectivity index (χ1) is 9.83.